The van der Waals surface area contributed by atoms with E-state index in [1.54, 1.807) is 60.7 Å². The number of carboxylic acids is 1. The molecule has 4 N–H and O–H groups in total. The van der Waals surface area contributed by atoms with Gasteiger partial charge >= 0.3 is 29.8 Å². The van der Waals surface area contributed by atoms with Crippen molar-refractivity contribution in [2.75, 3.05) is 52.2 Å². The molecule has 0 amide bonds. The molecule has 2 fully saturated rings. The number of rotatable bonds is 29. The zero-order valence-corrected chi connectivity index (χ0v) is 75.2. The fourth-order valence-electron chi connectivity index (χ4n) is 8.84. The number of esters is 4. The third-order valence-corrected chi connectivity index (χ3v) is 19.8. The second-order valence-electron chi connectivity index (χ2n) is 27.3. The Labute approximate surface area is 742 Å². The summed E-state index contributed by atoms with van der Waals surface area (Å²) in [5, 5.41) is 51.7. The molecule has 0 unspecified atom stereocenters. The molecule has 0 spiro atoms. The van der Waals surface area contributed by atoms with E-state index in [2.05, 4.69) is 75.9 Å². The Bertz CT molecular complexity index is 5080. The number of benzene rings is 6. The number of nitrogens with one attached hydrogen (secondary N) is 1. The molecule has 650 valence electrons. The zero-order chi connectivity index (χ0) is 89.7. The third-order valence-electron chi connectivity index (χ3n) is 15.0. The molecule has 121 heavy (non-hydrogen) atoms. The van der Waals surface area contributed by atoms with Crippen LogP contribution in [0.5, 0.6) is 28.7 Å². The minimum atomic E-state index is -3.66. The summed E-state index contributed by atoms with van der Waals surface area (Å²) in [4.78, 5) is 55.5. The lowest BCUT2D eigenvalue weighted by atomic mass is 10.2. The van der Waals surface area contributed by atoms with E-state index in [0.29, 0.717) is 114 Å². The summed E-state index contributed by atoms with van der Waals surface area (Å²) in [5.41, 5.74) is 1.60. The summed E-state index contributed by atoms with van der Waals surface area (Å²) in [5.74, 6) is 10.7. The number of methoxy groups -OCH3 is 2. The Morgan fingerprint density at radius 1 is 0.545 bits per heavy atom. The molecule has 0 saturated heterocycles. The molecule has 0 bridgehead atoms. The highest BCUT2D eigenvalue weighted by Gasteiger charge is 2.24. The van der Waals surface area contributed by atoms with Crippen LogP contribution in [0.25, 0.3) is 34.4 Å². The van der Waals surface area contributed by atoms with Gasteiger partial charge < -0.3 is 61.7 Å². The van der Waals surface area contributed by atoms with Gasteiger partial charge in [-0.1, -0.05) is 157 Å². The Morgan fingerprint density at radius 3 is 1.37 bits per heavy atom. The molecular weight excluding hydrogens is 1750 g/mol. The number of unbranched alkanes of at least 4 members (excludes halogenated alkanes) is 1. The fourth-order valence-corrected chi connectivity index (χ4v) is 12.5. The van der Waals surface area contributed by atoms with E-state index >= 15 is 0 Å². The highest BCUT2D eigenvalue weighted by atomic mass is 35.5. The number of phenols is 2. The summed E-state index contributed by atoms with van der Waals surface area (Å²) in [6.07, 6.45) is 26.1. The van der Waals surface area contributed by atoms with Crippen molar-refractivity contribution >= 4 is 134 Å². The molecule has 2 aliphatic carbocycles. The molecule has 27 nitrogen and oxygen atoms in total. The van der Waals surface area contributed by atoms with Crippen LogP contribution in [-0.4, -0.2) is 148 Å². The van der Waals surface area contributed by atoms with Gasteiger partial charge in [-0.2, -0.15) is 8.42 Å². The van der Waals surface area contributed by atoms with E-state index < -0.39 is 33.6 Å². The van der Waals surface area contributed by atoms with Crippen LogP contribution in [0.3, 0.4) is 0 Å². The molecule has 2 aliphatic rings. The van der Waals surface area contributed by atoms with E-state index in [9.17, 15) is 37.5 Å². The quantitative estimate of drug-likeness (QED) is 0.00643. The van der Waals surface area contributed by atoms with Crippen molar-refractivity contribution in [2.24, 2.45) is 11.8 Å². The van der Waals surface area contributed by atoms with E-state index in [1.807, 2.05) is 47.6 Å². The van der Waals surface area contributed by atoms with Crippen molar-refractivity contribution < 1.29 is 98.3 Å². The molecular formula is C85H95Cl5N6O21S4. The van der Waals surface area contributed by atoms with Crippen LogP contribution in [0, 0.1) is 53.7 Å². The molecule has 0 aliphatic heterocycles. The minimum absolute atomic E-state index is 0.0210. The SMILES string of the molecule is C#CCOS(=O)(=O)c1ccccc1.C#CCOc1ccc(-c2n[nH]c(=S)o2)c(Cl)c1.C#CCOc1ccc(C(=O)OC)c(Cl)c1.CC(C)(C)OC(=O)CCCSc1nnc(-c2ccc(O)cc2Cl)o1.CCC1CC1.CCCCC(=O)OC(C)(C)C.COC(=O)c1ccc(O)cc1Cl.O=C(O)CCCSc1nnc(-c2ccc(OCC3CC3)cc2Cl)o1. The number of carboxylic acid groups (broad SMARTS) is 1. The Morgan fingerprint density at radius 2 is 0.967 bits per heavy atom. The maximum Gasteiger partial charge on any atom is 0.339 e. The van der Waals surface area contributed by atoms with Crippen LogP contribution in [0.1, 0.15) is 153 Å². The molecule has 6 aromatic carbocycles. The van der Waals surface area contributed by atoms with Crippen molar-refractivity contribution in [2.45, 2.75) is 159 Å². The van der Waals surface area contributed by atoms with Gasteiger partial charge in [-0.15, -0.1) is 44.8 Å². The molecule has 9 aromatic rings. The number of carbonyl (C=O) groups is 5. The molecule has 11 rings (SSSR count). The van der Waals surface area contributed by atoms with Crippen molar-refractivity contribution in [3.05, 3.63) is 162 Å². The molecule has 0 atom stereocenters. The van der Waals surface area contributed by atoms with Crippen molar-refractivity contribution in [1.82, 2.24) is 30.6 Å². The second kappa shape index (κ2) is 54.4. The van der Waals surface area contributed by atoms with Crippen molar-refractivity contribution in [3.8, 4) is 100 Å². The Hall–Kier alpha value is -9.95. The maximum absolute atomic E-state index is 11.6. The summed E-state index contributed by atoms with van der Waals surface area (Å²) in [6, 6.07) is 31.6. The lowest BCUT2D eigenvalue weighted by Gasteiger charge is -2.19. The lowest BCUT2D eigenvalue weighted by Crippen LogP contribution is -2.23. The average Bonchev–Trinajstić information content (AvgIpc) is 1.73. The molecule has 2 saturated carbocycles. The first-order chi connectivity index (χ1) is 57.4. The van der Waals surface area contributed by atoms with Crippen LogP contribution in [0.4, 0.5) is 0 Å². The maximum atomic E-state index is 11.6. The number of hydrogen-bond acceptors (Lipinski definition) is 28. The predicted molar refractivity (Wildman–Crippen MR) is 468 cm³/mol. The number of aromatic amines is 1. The molecule has 3 aromatic heterocycles. The van der Waals surface area contributed by atoms with Gasteiger partial charge in [-0.05, 0) is 201 Å². The predicted octanol–water partition coefficient (Wildman–Crippen LogP) is 20.8. The standard InChI is InChI=1S/C16H17ClN2O4S.C16H19ClN2O4S.C11H7ClN2O2S.C11H9ClO3.C9H8O3S.C9H18O2.C8H7ClO3.C5H10/c17-13-8-11(22-9-10-3-4-10)5-6-12(13)15-18-19-16(23-15)24-7-1-2-14(20)21;1-16(2,3)23-13(21)5-4-8-24-15-19-18-14(22-15)11-7-6-10(20)9-12(11)17;1-2-5-15-7-3-4-8(9(12)6-7)10-13-14-11(17)16-10;1-3-6-15-8-4-5-9(10(12)7-8)11(13)14-2;1-2-8-12-13(10,11)9-6-4-3-5-7-9;1-5-6-7-8(10)11-9(2,3)4;1-12-8(11)6-3-2-5(10)4-7(6)9;1-2-5-3-4-5/h5-6,8,10H,1-4,7,9H2,(H,20,21);6-7,9,20H,4-5,8H2,1-3H3;1,3-4,6H,5H2,(H,14,17);1,4-5,7H,6H2,2H3;1,3-7H,8H2;5-7H2,1-4H3;2-4,10H,1H3;5H,2-4H2,1H3. The number of carbonyl (C=O) groups excluding carboxylic acids is 4. The Balaban J connectivity index is 0.000000299. The summed E-state index contributed by atoms with van der Waals surface area (Å²) >= 11 is 37.4. The van der Waals surface area contributed by atoms with Crippen LogP contribution >= 0.6 is 93.7 Å². The van der Waals surface area contributed by atoms with Gasteiger partial charge in [0.05, 0.1) is 78.7 Å². The van der Waals surface area contributed by atoms with Gasteiger partial charge in [0.1, 0.15) is 59.8 Å². The highest BCUT2D eigenvalue weighted by Crippen LogP contribution is 2.37. The largest absolute Gasteiger partial charge is 0.508 e. The van der Waals surface area contributed by atoms with E-state index in [1.165, 1.54) is 124 Å². The number of H-pyrrole nitrogens is 1. The molecule has 36 heteroatoms. The number of aromatic nitrogens is 6. The van der Waals surface area contributed by atoms with Gasteiger partial charge in [0.15, 0.2) is 0 Å². The van der Waals surface area contributed by atoms with Gasteiger partial charge in [0.25, 0.3) is 25.4 Å². The lowest BCUT2D eigenvalue weighted by molar-refractivity contribution is -0.156. The second-order valence-corrected chi connectivity index (χ2v) is 33.4. The smallest absolute Gasteiger partial charge is 0.339 e. The third kappa shape index (κ3) is 42.4. The van der Waals surface area contributed by atoms with Gasteiger partial charge in [0.2, 0.25) is 17.7 Å². The number of ether oxygens (including phenoxy) is 7. The number of nitrogens with zero attached hydrogens (tertiary/aromatic N) is 5. The van der Waals surface area contributed by atoms with Crippen LogP contribution in [0.15, 0.2) is 150 Å². The number of thioether (sulfide) groups is 2. The zero-order valence-electron chi connectivity index (χ0n) is 68.1. The number of halogens is 5. The summed E-state index contributed by atoms with van der Waals surface area (Å²) in [6.45, 7) is 16.3. The number of hydrogen-bond donors (Lipinski definition) is 4. The number of aromatic hydroxyl groups is 2. The summed E-state index contributed by atoms with van der Waals surface area (Å²) in [7, 11) is -1.10. The van der Waals surface area contributed by atoms with E-state index in [4.69, 9.17) is 137 Å². The topological polar surface area (TPSA) is 374 Å². The van der Waals surface area contributed by atoms with Gasteiger partial charge in [0, 0.05) is 30.8 Å². The van der Waals surface area contributed by atoms with E-state index in [-0.39, 0.29) is 86.5 Å². The fraction of sp³-hybridized carbons (Fsp3) is 0.376. The number of terminal acetylenes is 3. The molecule has 3 heterocycles. The van der Waals surface area contributed by atoms with E-state index in [0.717, 1.165) is 31.1 Å². The first-order valence-corrected chi connectivity index (χ1v) is 42.9. The highest BCUT2D eigenvalue weighted by molar-refractivity contribution is 7.99. The summed E-state index contributed by atoms with van der Waals surface area (Å²) < 4.78 is 78.7. The normalized spacial score (nSPS) is 11.6. The minimum Gasteiger partial charge on any atom is -0.508 e. The average molecular weight is 1840 g/mol. The van der Waals surface area contributed by atoms with Crippen molar-refractivity contribution in [3.63, 3.8) is 0 Å². The molecule has 0 radical (unpaired) electrons. The van der Waals surface area contributed by atoms with Crippen LogP contribution < -0.4 is 14.2 Å². The van der Waals surface area contributed by atoms with Gasteiger partial charge in [-0.3, -0.25) is 18.6 Å². The number of phenolic OH excluding ortho intramolecular Hbond substituents is 2. The Kier molecular flexibility index (Phi) is 46.5. The van der Waals surface area contributed by atoms with Crippen molar-refractivity contribution in [1.29, 1.82) is 0 Å². The first-order valence-electron chi connectivity index (χ1n) is 37.3. The first kappa shape index (κ1) is 103. The van der Waals surface area contributed by atoms with Crippen LogP contribution in [0.2, 0.25) is 25.1 Å². The number of aliphatic carboxylic acids is 1. The van der Waals surface area contributed by atoms with Crippen LogP contribution in [-0.2, 0) is 47.6 Å². The van der Waals surface area contributed by atoms with Gasteiger partial charge in [-0.25, -0.2) is 14.7 Å². The monoisotopic (exact) mass is 1840 g/mol.